The minimum atomic E-state index is 0. The molecule has 2 aromatic carbocycles. The Kier molecular flexibility index (Phi) is 9.67. The van der Waals surface area contributed by atoms with Gasteiger partial charge in [-0.2, -0.15) is 0 Å². The van der Waals surface area contributed by atoms with E-state index < -0.39 is 0 Å². The normalized spacial score (nSPS) is 9.91. The van der Waals surface area contributed by atoms with Gasteiger partial charge in [0.15, 0.2) is 0 Å². The Morgan fingerprint density at radius 3 is 2.00 bits per heavy atom. The molecule has 0 unspecified atom stereocenters. The van der Waals surface area contributed by atoms with E-state index >= 15 is 0 Å². The fourth-order valence-electron chi connectivity index (χ4n) is 1.76. The zero-order valence-electron chi connectivity index (χ0n) is 14.3. The number of hydrogen-bond donors (Lipinski definition) is 0. The predicted molar refractivity (Wildman–Crippen MR) is 88.0 cm³/mol. The molecule has 0 aliphatic carbocycles. The van der Waals surface area contributed by atoms with Crippen molar-refractivity contribution in [3.05, 3.63) is 54.0 Å². The van der Waals surface area contributed by atoms with Crippen LogP contribution in [-0.4, -0.2) is 13.7 Å². The van der Waals surface area contributed by atoms with Gasteiger partial charge in [-0.15, -0.1) is 5.69 Å². The van der Waals surface area contributed by atoms with Crippen molar-refractivity contribution in [1.29, 1.82) is 0 Å². The van der Waals surface area contributed by atoms with Gasteiger partial charge in [0, 0.05) is 0 Å². The molecule has 0 heterocycles. The molecule has 0 aliphatic heterocycles. The van der Waals surface area contributed by atoms with Gasteiger partial charge in [0.05, 0.1) is 13.7 Å². The van der Waals surface area contributed by atoms with Crippen molar-refractivity contribution in [3.8, 4) is 17.2 Å². The van der Waals surface area contributed by atoms with Gasteiger partial charge in [-0.25, -0.2) is 0 Å². The Morgan fingerprint density at radius 1 is 0.870 bits per heavy atom. The molecule has 0 aromatic heterocycles. The monoisotopic (exact) mass is 339 g/mol. The SMILES string of the molecule is COc1ccc(O[N-]c2ccc(OCCC(C)C)cc2)cc1.[K+]. The van der Waals surface area contributed by atoms with E-state index in [4.69, 9.17) is 14.3 Å². The first-order valence-corrected chi connectivity index (χ1v) is 7.42. The molecule has 4 nitrogen and oxygen atoms in total. The maximum atomic E-state index is 5.66. The van der Waals surface area contributed by atoms with Crippen molar-refractivity contribution in [2.75, 3.05) is 13.7 Å². The maximum absolute atomic E-state index is 5.66. The molecule has 0 spiro atoms. The van der Waals surface area contributed by atoms with Crippen LogP contribution in [-0.2, 0) is 0 Å². The van der Waals surface area contributed by atoms with Gasteiger partial charge in [-0.1, -0.05) is 26.0 Å². The van der Waals surface area contributed by atoms with E-state index in [1.807, 2.05) is 48.5 Å². The van der Waals surface area contributed by atoms with Crippen LogP contribution >= 0.6 is 0 Å². The van der Waals surface area contributed by atoms with Crippen LogP contribution in [0.1, 0.15) is 20.3 Å². The summed E-state index contributed by atoms with van der Waals surface area (Å²) in [5.74, 6) is 2.95. The summed E-state index contributed by atoms with van der Waals surface area (Å²) in [6, 6.07) is 14.8. The second kappa shape index (κ2) is 10.9. The first kappa shape index (κ1) is 20.3. The molecular weight excluding hydrogens is 317 g/mol. The third-order valence-electron chi connectivity index (χ3n) is 3.12. The molecule has 0 atom stereocenters. The first-order valence-electron chi connectivity index (χ1n) is 7.42. The van der Waals surface area contributed by atoms with Crippen LogP contribution in [0.2, 0.25) is 0 Å². The smallest absolute Gasteiger partial charge is 0.557 e. The Morgan fingerprint density at radius 2 is 1.43 bits per heavy atom. The molecular formula is C18H22KNO3. The van der Waals surface area contributed by atoms with Gasteiger partial charge in [0.2, 0.25) is 0 Å². The molecule has 0 bridgehead atoms. The van der Waals surface area contributed by atoms with E-state index in [0.717, 1.165) is 30.2 Å². The standard InChI is InChI=1S/C18H22NO3.K/c1-14(2)12-13-21-17-6-4-15(5-7-17)19-22-18-10-8-16(20-3)9-11-18;/h4-11,14H,12-13H2,1-3H3;/q-1;+1. The Bertz CT molecular complexity index is 555. The fraction of sp³-hybridized carbons (Fsp3) is 0.333. The second-order valence-corrected chi connectivity index (χ2v) is 5.38. The Hall–Kier alpha value is -0.724. The van der Waals surface area contributed by atoms with Gasteiger partial charge < -0.3 is 19.8 Å². The van der Waals surface area contributed by atoms with Gasteiger partial charge in [0.25, 0.3) is 0 Å². The van der Waals surface area contributed by atoms with E-state index in [9.17, 15) is 0 Å². The van der Waals surface area contributed by atoms with E-state index in [2.05, 4.69) is 19.3 Å². The zero-order valence-corrected chi connectivity index (χ0v) is 17.4. The summed E-state index contributed by atoms with van der Waals surface area (Å²) < 4.78 is 10.8. The van der Waals surface area contributed by atoms with E-state index in [-0.39, 0.29) is 51.4 Å². The van der Waals surface area contributed by atoms with Crippen LogP contribution in [0.4, 0.5) is 5.69 Å². The molecule has 0 radical (unpaired) electrons. The van der Waals surface area contributed by atoms with Gasteiger partial charge >= 0.3 is 51.4 Å². The summed E-state index contributed by atoms with van der Waals surface area (Å²) in [6.07, 6.45) is 1.05. The average Bonchev–Trinajstić information content (AvgIpc) is 2.54. The number of rotatable bonds is 8. The Balaban J connectivity index is 0.00000264. The van der Waals surface area contributed by atoms with Crippen molar-refractivity contribution in [1.82, 2.24) is 0 Å². The molecule has 2 aromatic rings. The zero-order chi connectivity index (χ0) is 15.8. The number of ether oxygens (including phenoxy) is 2. The predicted octanol–water partition coefficient (Wildman–Crippen LogP) is 2.12. The summed E-state index contributed by atoms with van der Waals surface area (Å²) in [4.78, 5) is 5.37. The molecule has 0 saturated heterocycles. The third kappa shape index (κ3) is 7.59. The molecule has 0 amide bonds. The third-order valence-corrected chi connectivity index (χ3v) is 3.12. The first-order chi connectivity index (χ1) is 10.7. The van der Waals surface area contributed by atoms with Crippen LogP contribution in [0.15, 0.2) is 48.5 Å². The molecule has 0 N–H and O–H groups in total. The Labute approximate surface area is 180 Å². The molecule has 2 rings (SSSR count). The quantitative estimate of drug-likeness (QED) is 0.546. The summed E-state index contributed by atoms with van der Waals surface area (Å²) in [5.41, 5.74) is 4.83. The summed E-state index contributed by atoms with van der Waals surface area (Å²) in [6.45, 7) is 5.10. The van der Waals surface area contributed by atoms with Gasteiger partial charge in [-0.05, 0) is 48.7 Å². The molecule has 23 heavy (non-hydrogen) atoms. The van der Waals surface area contributed by atoms with Crippen LogP contribution < -0.4 is 65.7 Å². The van der Waals surface area contributed by atoms with Gasteiger partial charge in [0.1, 0.15) is 17.2 Å². The van der Waals surface area contributed by atoms with Gasteiger partial charge in [-0.3, -0.25) is 0 Å². The molecule has 118 valence electrons. The molecule has 0 saturated carbocycles. The number of nitrogens with zero attached hydrogens (tertiary/aromatic N) is 1. The van der Waals surface area contributed by atoms with Crippen LogP contribution in [0.3, 0.4) is 0 Å². The van der Waals surface area contributed by atoms with Crippen molar-refractivity contribution < 1.29 is 65.7 Å². The number of benzene rings is 2. The minimum absolute atomic E-state index is 0. The van der Waals surface area contributed by atoms with E-state index in [1.165, 1.54) is 0 Å². The fourth-order valence-corrected chi connectivity index (χ4v) is 1.76. The summed E-state index contributed by atoms with van der Waals surface area (Å²) in [5, 5.41) is 0. The van der Waals surface area contributed by atoms with Crippen molar-refractivity contribution in [3.63, 3.8) is 0 Å². The average molecular weight is 339 g/mol. The largest absolute Gasteiger partial charge is 1.00 e. The second-order valence-electron chi connectivity index (χ2n) is 5.38. The van der Waals surface area contributed by atoms with Crippen LogP contribution in [0, 0.1) is 5.92 Å². The topological polar surface area (TPSA) is 41.8 Å². The summed E-state index contributed by atoms with van der Waals surface area (Å²) >= 11 is 0. The molecule has 0 aliphatic rings. The van der Waals surface area contributed by atoms with E-state index in [0.29, 0.717) is 11.7 Å². The number of methoxy groups -OCH3 is 1. The van der Waals surface area contributed by atoms with E-state index in [1.54, 1.807) is 7.11 Å². The van der Waals surface area contributed by atoms with Crippen LogP contribution in [0.5, 0.6) is 17.2 Å². The molecule has 0 fully saturated rings. The number of hydrogen-bond acceptors (Lipinski definition) is 3. The maximum Gasteiger partial charge on any atom is 1.00 e. The van der Waals surface area contributed by atoms with Crippen molar-refractivity contribution in [2.45, 2.75) is 20.3 Å². The summed E-state index contributed by atoms with van der Waals surface area (Å²) in [7, 11) is 1.63. The van der Waals surface area contributed by atoms with Crippen molar-refractivity contribution in [2.24, 2.45) is 5.92 Å². The van der Waals surface area contributed by atoms with Crippen molar-refractivity contribution >= 4 is 5.69 Å². The van der Waals surface area contributed by atoms with Crippen LogP contribution in [0.25, 0.3) is 5.48 Å². The minimum Gasteiger partial charge on any atom is -0.557 e. The molecule has 5 heteroatoms.